The first-order valence-electron chi connectivity index (χ1n) is 9.34. The van der Waals surface area contributed by atoms with Crippen LogP contribution >= 0.6 is 15.9 Å². The molecule has 0 unspecified atom stereocenters. The molecule has 7 heteroatoms. The molecule has 0 radical (unpaired) electrons. The predicted molar refractivity (Wildman–Crippen MR) is 120 cm³/mol. The maximum absolute atomic E-state index is 12.4. The number of hydrogen-bond acceptors (Lipinski definition) is 4. The standard InChI is InChI=1S/C23H18BrN3O3/c24-18-6-8-21(25-14-18)27-23(29)17-2-1-3-19(13-17)26-22(28)9-5-15-4-7-20-16(12-15)10-11-30-20/h1-9,12-14H,10-11H2,(H,26,28)(H,25,27,29). The number of nitrogens with zero attached hydrogens (tertiary/aromatic N) is 1. The number of fused-ring (bicyclic) bond motifs is 1. The Bertz CT molecular complexity index is 1130. The van der Waals surface area contributed by atoms with E-state index in [1.54, 1.807) is 48.7 Å². The van der Waals surface area contributed by atoms with Crippen LogP contribution in [0.4, 0.5) is 11.5 Å². The van der Waals surface area contributed by atoms with Gasteiger partial charge >= 0.3 is 0 Å². The lowest BCUT2D eigenvalue weighted by Gasteiger charge is -2.07. The average molecular weight is 464 g/mol. The van der Waals surface area contributed by atoms with Crippen molar-refractivity contribution in [1.29, 1.82) is 0 Å². The van der Waals surface area contributed by atoms with Gasteiger partial charge in [-0.25, -0.2) is 4.98 Å². The van der Waals surface area contributed by atoms with Gasteiger partial charge in [-0.2, -0.15) is 0 Å². The van der Waals surface area contributed by atoms with Gasteiger partial charge in [0.25, 0.3) is 5.91 Å². The quantitative estimate of drug-likeness (QED) is 0.538. The summed E-state index contributed by atoms with van der Waals surface area (Å²) >= 11 is 3.30. The number of hydrogen-bond donors (Lipinski definition) is 2. The SMILES string of the molecule is O=C(C=Cc1ccc2c(c1)CCO2)Nc1cccc(C(=O)Nc2ccc(Br)cn2)c1. The number of benzene rings is 2. The molecule has 2 heterocycles. The van der Waals surface area contributed by atoms with Crippen LogP contribution in [0.15, 0.2) is 71.3 Å². The van der Waals surface area contributed by atoms with Crippen molar-refractivity contribution in [1.82, 2.24) is 4.98 Å². The van der Waals surface area contributed by atoms with Crippen molar-refractivity contribution in [2.45, 2.75) is 6.42 Å². The summed E-state index contributed by atoms with van der Waals surface area (Å²) < 4.78 is 6.31. The molecule has 2 N–H and O–H groups in total. The molecule has 30 heavy (non-hydrogen) atoms. The van der Waals surface area contributed by atoms with Gasteiger partial charge in [0.2, 0.25) is 5.91 Å². The van der Waals surface area contributed by atoms with Gasteiger partial charge < -0.3 is 15.4 Å². The van der Waals surface area contributed by atoms with Crippen LogP contribution in [0.2, 0.25) is 0 Å². The third-order valence-electron chi connectivity index (χ3n) is 4.50. The molecular formula is C23H18BrN3O3. The largest absolute Gasteiger partial charge is 0.493 e. The van der Waals surface area contributed by atoms with Crippen molar-refractivity contribution in [3.63, 3.8) is 0 Å². The fraction of sp³-hybridized carbons (Fsp3) is 0.0870. The molecule has 6 nitrogen and oxygen atoms in total. The van der Waals surface area contributed by atoms with Crippen LogP contribution in [0.25, 0.3) is 6.08 Å². The lowest BCUT2D eigenvalue weighted by Crippen LogP contribution is -2.14. The molecule has 0 saturated heterocycles. The van der Waals surface area contributed by atoms with Crippen LogP contribution in [-0.2, 0) is 11.2 Å². The zero-order valence-corrected chi connectivity index (χ0v) is 17.5. The summed E-state index contributed by atoms with van der Waals surface area (Å²) in [6, 6.07) is 16.1. The molecule has 0 saturated carbocycles. The molecule has 0 bridgehead atoms. The van der Waals surface area contributed by atoms with Gasteiger partial charge in [-0.15, -0.1) is 0 Å². The number of anilines is 2. The number of carbonyl (C=O) groups is 2. The molecule has 2 aromatic carbocycles. The van der Waals surface area contributed by atoms with Crippen LogP contribution in [0, 0.1) is 0 Å². The summed E-state index contributed by atoms with van der Waals surface area (Å²) in [5.41, 5.74) is 3.03. The Hall–Kier alpha value is -3.45. The van der Waals surface area contributed by atoms with E-state index in [1.807, 2.05) is 18.2 Å². The first-order chi connectivity index (χ1) is 14.6. The predicted octanol–water partition coefficient (Wildman–Crippen LogP) is 4.68. The lowest BCUT2D eigenvalue weighted by molar-refractivity contribution is -0.111. The van der Waals surface area contributed by atoms with E-state index in [9.17, 15) is 9.59 Å². The minimum atomic E-state index is -0.308. The number of halogens is 1. The first kappa shape index (κ1) is 19.8. The monoisotopic (exact) mass is 463 g/mol. The Labute approximate surface area is 182 Å². The Balaban J connectivity index is 1.39. The molecule has 150 valence electrons. The Morgan fingerprint density at radius 3 is 2.80 bits per heavy atom. The molecule has 0 spiro atoms. The molecule has 1 aliphatic rings. The molecule has 0 aliphatic carbocycles. The van der Waals surface area contributed by atoms with Gasteiger partial charge in [0.1, 0.15) is 11.6 Å². The van der Waals surface area contributed by atoms with E-state index in [0.29, 0.717) is 23.7 Å². The molecule has 1 aliphatic heterocycles. The minimum absolute atomic E-state index is 0.279. The summed E-state index contributed by atoms with van der Waals surface area (Å²) in [4.78, 5) is 28.9. The van der Waals surface area contributed by atoms with Gasteiger partial charge in [0, 0.05) is 34.4 Å². The highest BCUT2D eigenvalue weighted by Crippen LogP contribution is 2.26. The highest BCUT2D eigenvalue weighted by atomic mass is 79.9. The van der Waals surface area contributed by atoms with Crippen LogP contribution < -0.4 is 15.4 Å². The molecular weight excluding hydrogens is 446 g/mol. The summed E-state index contributed by atoms with van der Waals surface area (Å²) in [5.74, 6) is 0.765. The van der Waals surface area contributed by atoms with E-state index in [2.05, 4.69) is 31.5 Å². The molecule has 0 atom stereocenters. The van der Waals surface area contributed by atoms with Crippen molar-refractivity contribution in [2.75, 3.05) is 17.2 Å². The van der Waals surface area contributed by atoms with Gasteiger partial charge in [-0.05, 0) is 75.6 Å². The number of rotatable bonds is 5. The number of carbonyl (C=O) groups excluding carboxylic acids is 2. The Kier molecular flexibility index (Phi) is 5.90. The van der Waals surface area contributed by atoms with E-state index in [-0.39, 0.29) is 11.8 Å². The second kappa shape index (κ2) is 8.92. The van der Waals surface area contributed by atoms with E-state index in [4.69, 9.17) is 4.74 Å². The molecule has 3 aromatic rings. The molecule has 1 aromatic heterocycles. The van der Waals surface area contributed by atoms with Crippen molar-refractivity contribution in [2.24, 2.45) is 0 Å². The third kappa shape index (κ3) is 4.93. The summed E-state index contributed by atoms with van der Waals surface area (Å²) in [6.07, 6.45) is 5.71. The van der Waals surface area contributed by atoms with Crippen molar-refractivity contribution < 1.29 is 14.3 Å². The van der Waals surface area contributed by atoms with E-state index >= 15 is 0 Å². The maximum Gasteiger partial charge on any atom is 0.256 e. The number of nitrogens with one attached hydrogen (secondary N) is 2. The van der Waals surface area contributed by atoms with E-state index in [0.717, 1.165) is 27.8 Å². The zero-order chi connectivity index (χ0) is 20.9. The van der Waals surface area contributed by atoms with Gasteiger partial charge in [0.15, 0.2) is 0 Å². The van der Waals surface area contributed by atoms with E-state index < -0.39 is 0 Å². The average Bonchev–Trinajstić information content (AvgIpc) is 3.22. The smallest absolute Gasteiger partial charge is 0.256 e. The fourth-order valence-corrected chi connectivity index (χ4v) is 3.28. The Morgan fingerprint density at radius 1 is 1.07 bits per heavy atom. The number of pyridine rings is 1. The Morgan fingerprint density at radius 2 is 1.97 bits per heavy atom. The van der Waals surface area contributed by atoms with Crippen molar-refractivity contribution >= 4 is 45.3 Å². The second-order valence-electron chi connectivity index (χ2n) is 6.68. The second-order valence-corrected chi connectivity index (χ2v) is 7.60. The normalized spacial score (nSPS) is 12.3. The fourth-order valence-electron chi connectivity index (χ4n) is 3.04. The van der Waals surface area contributed by atoms with Gasteiger partial charge in [0.05, 0.1) is 6.61 Å². The third-order valence-corrected chi connectivity index (χ3v) is 4.97. The summed E-state index contributed by atoms with van der Waals surface area (Å²) in [5, 5.41) is 5.50. The van der Waals surface area contributed by atoms with Crippen LogP contribution in [-0.4, -0.2) is 23.4 Å². The highest BCUT2D eigenvalue weighted by molar-refractivity contribution is 9.10. The minimum Gasteiger partial charge on any atom is -0.493 e. The lowest BCUT2D eigenvalue weighted by atomic mass is 10.1. The first-order valence-corrected chi connectivity index (χ1v) is 10.1. The van der Waals surface area contributed by atoms with Crippen LogP contribution in [0.1, 0.15) is 21.5 Å². The summed E-state index contributed by atoms with van der Waals surface area (Å²) in [7, 11) is 0. The number of amides is 2. The van der Waals surface area contributed by atoms with Crippen molar-refractivity contribution in [3.8, 4) is 5.75 Å². The highest BCUT2D eigenvalue weighted by Gasteiger charge is 2.11. The summed E-state index contributed by atoms with van der Waals surface area (Å²) in [6.45, 7) is 0.699. The van der Waals surface area contributed by atoms with Crippen molar-refractivity contribution in [3.05, 3.63) is 88.0 Å². The maximum atomic E-state index is 12.4. The van der Waals surface area contributed by atoms with Gasteiger partial charge in [-0.1, -0.05) is 12.1 Å². The van der Waals surface area contributed by atoms with E-state index in [1.165, 1.54) is 6.08 Å². The van der Waals surface area contributed by atoms with Crippen LogP contribution in [0.3, 0.4) is 0 Å². The van der Waals surface area contributed by atoms with Crippen LogP contribution in [0.5, 0.6) is 5.75 Å². The number of ether oxygens (including phenoxy) is 1. The molecule has 4 rings (SSSR count). The van der Waals surface area contributed by atoms with Gasteiger partial charge in [-0.3, -0.25) is 9.59 Å². The topological polar surface area (TPSA) is 80.3 Å². The zero-order valence-electron chi connectivity index (χ0n) is 15.9. The number of aromatic nitrogens is 1. The molecule has 0 fully saturated rings. The molecule has 2 amide bonds.